The summed E-state index contributed by atoms with van der Waals surface area (Å²) < 4.78 is 45.1. The second kappa shape index (κ2) is 5.47. The molecule has 3 rings (SSSR count). The van der Waals surface area contributed by atoms with Crippen LogP contribution < -0.4 is 5.32 Å². The van der Waals surface area contributed by atoms with Crippen molar-refractivity contribution in [1.29, 1.82) is 0 Å². The van der Waals surface area contributed by atoms with Crippen LogP contribution in [0.3, 0.4) is 0 Å². The average molecular weight is 301 g/mol. The third kappa shape index (κ3) is 3.07. The first-order chi connectivity index (χ1) is 10.0. The molecule has 1 unspecified atom stereocenters. The number of nitrogens with one attached hydrogen (secondary N) is 1. The molecule has 3 heterocycles. The molecule has 1 saturated heterocycles. The highest BCUT2D eigenvalue weighted by molar-refractivity contribution is 5.45. The molecule has 114 valence electrons. The first kappa shape index (κ1) is 14.1. The minimum atomic E-state index is -4.52. The van der Waals surface area contributed by atoms with Crippen LogP contribution in [-0.4, -0.2) is 39.3 Å². The molecule has 1 aliphatic rings. The molecular weight excluding hydrogens is 287 g/mol. The molecule has 2 aromatic heterocycles. The molecule has 1 fully saturated rings. The Bertz CT molecular complexity index is 621. The molecular formula is C12H14F3N5O. The Labute approximate surface area is 118 Å². The van der Waals surface area contributed by atoms with Crippen molar-refractivity contribution in [3.63, 3.8) is 0 Å². The summed E-state index contributed by atoms with van der Waals surface area (Å²) in [5.41, 5.74) is -0.981. The summed E-state index contributed by atoms with van der Waals surface area (Å²) in [6, 6.07) is 0.950. The summed E-state index contributed by atoms with van der Waals surface area (Å²) >= 11 is 0. The van der Waals surface area contributed by atoms with Gasteiger partial charge in [0.2, 0.25) is 0 Å². The van der Waals surface area contributed by atoms with E-state index in [1.807, 2.05) is 0 Å². The van der Waals surface area contributed by atoms with Gasteiger partial charge in [-0.3, -0.25) is 0 Å². The van der Waals surface area contributed by atoms with Crippen molar-refractivity contribution in [1.82, 2.24) is 19.6 Å². The third-order valence-corrected chi connectivity index (χ3v) is 3.37. The van der Waals surface area contributed by atoms with E-state index in [9.17, 15) is 13.2 Å². The van der Waals surface area contributed by atoms with E-state index in [4.69, 9.17) is 4.74 Å². The number of hydrogen-bond donors (Lipinski definition) is 1. The predicted octanol–water partition coefficient (Wildman–Crippen LogP) is 1.98. The van der Waals surface area contributed by atoms with Gasteiger partial charge in [0.15, 0.2) is 5.69 Å². The number of rotatable bonds is 3. The van der Waals surface area contributed by atoms with E-state index in [2.05, 4.69) is 20.4 Å². The summed E-state index contributed by atoms with van der Waals surface area (Å²) in [6.45, 7) is 1.89. The highest BCUT2D eigenvalue weighted by Crippen LogP contribution is 2.29. The van der Waals surface area contributed by atoms with Crippen molar-refractivity contribution in [2.24, 2.45) is 5.92 Å². The lowest BCUT2D eigenvalue weighted by molar-refractivity contribution is -0.141. The molecule has 21 heavy (non-hydrogen) atoms. The summed E-state index contributed by atoms with van der Waals surface area (Å²) in [4.78, 5) is 7.19. The number of aromatic nitrogens is 4. The molecule has 0 amide bonds. The van der Waals surface area contributed by atoms with E-state index in [-0.39, 0.29) is 17.5 Å². The molecule has 9 heteroatoms. The molecule has 0 saturated carbocycles. The van der Waals surface area contributed by atoms with Gasteiger partial charge in [-0.2, -0.15) is 27.8 Å². The fourth-order valence-electron chi connectivity index (χ4n) is 2.30. The van der Waals surface area contributed by atoms with E-state index in [0.717, 1.165) is 25.5 Å². The van der Waals surface area contributed by atoms with Gasteiger partial charge in [0.1, 0.15) is 12.1 Å². The minimum absolute atomic E-state index is 0.0766. The summed E-state index contributed by atoms with van der Waals surface area (Å²) in [7, 11) is 0. The molecule has 0 spiro atoms. The van der Waals surface area contributed by atoms with Crippen LogP contribution in [0.25, 0.3) is 5.78 Å². The highest BCUT2D eigenvalue weighted by atomic mass is 19.4. The zero-order valence-corrected chi connectivity index (χ0v) is 11.1. The van der Waals surface area contributed by atoms with Gasteiger partial charge < -0.3 is 10.1 Å². The molecule has 0 aromatic carbocycles. The van der Waals surface area contributed by atoms with Gasteiger partial charge in [0, 0.05) is 19.2 Å². The lowest BCUT2D eigenvalue weighted by atomic mass is 10.0. The number of alkyl halides is 3. The summed E-state index contributed by atoms with van der Waals surface area (Å²) in [5.74, 6) is 0.433. The Hall–Kier alpha value is -1.90. The van der Waals surface area contributed by atoms with E-state index in [1.54, 1.807) is 0 Å². The fraction of sp³-hybridized carbons (Fsp3) is 0.583. The van der Waals surface area contributed by atoms with Crippen LogP contribution in [0.5, 0.6) is 0 Å². The van der Waals surface area contributed by atoms with Gasteiger partial charge in [-0.15, -0.1) is 0 Å². The lowest BCUT2D eigenvalue weighted by Crippen LogP contribution is -2.25. The summed E-state index contributed by atoms with van der Waals surface area (Å²) in [6.07, 6.45) is -1.38. The maximum Gasteiger partial charge on any atom is 0.433 e. The van der Waals surface area contributed by atoms with Crippen LogP contribution in [0.4, 0.5) is 19.0 Å². The smallest absolute Gasteiger partial charge is 0.381 e. The molecule has 0 radical (unpaired) electrons. The van der Waals surface area contributed by atoms with Gasteiger partial charge in [-0.25, -0.2) is 4.98 Å². The largest absolute Gasteiger partial charge is 0.433 e. The Kier molecular flexibility index (Phi) is 3.66. The lowest BCUT2D eigenvalue weighted by Gasteiger charge is -2.22. The fourth-order valence-corrected chi connectivity index (χ4v) is 2.30. The predicted molar refractivity (Wildman–Crippen MR) is 67.8 cm³/mol. The number of halogens is 3. The number of nitrogens with zero attached hydrogens (tertiary/aromatic N) is 4. The second-order valence-corrected chi connectivity index (χ2v) is 4.96. The first-order valence-electron chi connectivity index (χ1n) is 6.63. The molecule has 0 bridgehead atoms. The molecule has 2 aromatic rings. The Morgan fingerprint density at radius 1 is 1.43 bits per heavy atom. The van der Waals surface area contributed by atoms with Crippen LogP contribution in [0.1, 0.15) is 18.5 Å². The van der Waals surface area contributed by atoms with Gasteiger partial charge in [-0.05, 0) is 18.8 Å². The molecule has 6 nitrogen and oxygen atoms in total. The molecule has 0 aliphatic carbocycles. The SMILES string of the molecule is FC(F)(F)c1cc(NCC2CCCOC2)n2ncnc2n1. The van der Waals surface area contributed by atoms with Crippen LogP contribution >= 0.6 is 0 Å². The average Bonchev–Trinajstić information content (AvgIpc) is 2.93. The van der Waals surface area contributed by atoms with Crippen molar-refractivity contribution >= 4 is 11.6 Å². The van der Waals surface area contributed by atoms with Gasteiger partial charge >= 0.3 is 6.18 Å². The van der Waals surface area contributed by atoms with Crippen LogP contribution in [0, 0.1) is 5.92 Å². The van der Waals surface area contributed by atoms with E-state index in [0.29, 0.717) is 13.2 Å². The zero-order chi connectivity index (χ0) is 14.9. The standard InChI is InChI=1S/C12H14F3N5O/c13-12(14,15)9-4-10(20-11(19-9)17-7-18-20)16-5-8-2-1-3-21-6-8/h4,7-8,16H,1-3,5-6H2. The number of anilines is 1. The molecule has 1 aliphatic heterocycles. The van der Waals surface area contributed by atoms with Crippen LogP contribution in [-0.2, 0) is 10.9 Å². The number of hydrogen-bond acceptors (Lipinski definition) is 5. The Balaban J connectivity index is 1.84. The normalized spacial score (nSPS) is 19.9. The van der Waals surface area contributed by atoms with E-state index >= 15 is 0 Å². The van der Waals surface area contributed by atoms with Crippen molar-refractivity contribution in [3.05, 3.63) is 18.1 Å². The molecule has 1 N–H and O–H groups in total. The second-order valence-electron chi connectivity index (χ2n) is 4.96. The summed E-state index contributed by atoms with van der Waals surface area (Å²) in [5, 5.41) is 6.88. The quantitative estimate of drug-likeness (QED) is 0.939. The van der Waals surface area contributed by atoms with Crippen molar-refractivity contribution < 1.29 is 17.9 Å². The Morgan fingerprint density at radius 2 is 2.29 bits per heavy atom. The number of fused-ring (bicyclic) bond motifs is 1. The van der Waals surface area contributed by atoms with E-state index in [1.165, 1.54) is 10.8 Å². The van der Waals surface area contributed by atoms with Crippen molar-refractivity contribution in [3.8, 4) is 0 Å². The number of ether oxygens (including phenoxy) is 1. The zero-order valence-electron chi connectivity index (χ0n) is 11.1. The van der Waals surface area contributed by atoms with Gasteiger partial charge in [0.05, 0.1) is 6.61 Å². The van der Waals surface area contributed by atoms with Crippen molar-refractivity contribution in [2.75, 3.05) is 25.1 Å². The van der Waals surface area contributed by atoms with Gasteiger partial charge in [-0.1, -0.05) is 0 Å². The van der Waals surface area contributed by atoms with Crippen LogP contribution in [0.15, 0.2) is 12.4 Å². The maximum absolute atomic E-state index is 12.8. The van der Waals surface area contributed by atoms with Crippen molar-refractivity contribution in [2.45, 2.75) is 19.0 Å². The van der Waals surface area contributed by atoms with E-state index < -0.39 is 11.9 Å². The third-order valence-electron chi connectivity index (χ3n) is 3.37. The topological polar surface area (TPSA) is 64.3 Å². The Morgan fingerprint density at radius 3 is 3.00 bits per heavy atom. The van der Waals surface area contributed by atoms with Crippen LogP contribution in [0.2, 0.25) is 0 Å². The minimum Gasteiger partial charge on any atom is -0.381 e. The first-order valence-corrected chi connectivity index (χ1v) is 6.63. The maximum atomic E-state index is 12.8. The highest BCUT2D eigenvalue weighted by Gasteiger charge is 2.34. The van der Waals surface area contributed by atoms with Gasteiger partial charge in [0.25, 0.3) is 5.78 Å². The molecule has 1 atom stereocenters. The monoisotopic (exact) mass is 301 g/mol.